The first-order chi connectivity index (χ1) is 19.9. The second kappa shape index (κ2) is 11.3. The number of pyridine rings is 1. The first kappa shape index (κ1) is 28.8. The molecule has 5 rings (SSSR count). The zero-order valence-electron chi connectivity index (χ0n) is 21.8. The van der Waals surface area contributed by atoms with Crippen molar-refractivity contribution < 1.29 is 35.9 Å². The molecule has 1 heterocycles. The molecule has 1 unspecified atom stereocenters. The maximum Gasteiger partial charge on any atom is 0.416 e. The van der Waals surface area contributed by atoms with Crippen molar-refractivity contribution in [2.24, 2.45) is 0 Å². The van der Waals surface area contributed by atoms with Crippen molar-refractivity contribution in [1.29, 1.82) is 0 Å². The van der Waals surface area contributed by atoms with Crippen LogP contribution in [-0.4, -0.2) is 22.8 Å². The smallest absolute Gasteiger partial charge is 0.348 e. The Morgan fingerprint density at radius 1 is 0.738 bits per heavy atom. The van der Waals surface area contributed by atoms with Crippen LogP contribution in [0, 0.1) is 0 Å². The van der Waals surface area contributed by atoms with Crippen LogP contribution in [-0.2, 0) is 25.2 Å². The van der Waals surface area contributed by atoms with E-state index in [4.69, 9.17) is 0 Å². The maximum absolute atomic E-state index is 13.2. The fraction of sp³-hybridized carbons (Fsp3) is 0.194. The van der Waals surface area contributed by atoms with Crippen LogP contribution in [0.4, 0.5) is 32.0 Å². The van der Waals surface area contributed by atoms with E-state index in [-0.39, 0.29) is 23.5 Å². The Morgan fingerprint density at radius 3 is 2.00 bits per heavy atom. The molecule has 2 amide bonds. The van der Waals surface area contributed by atoms with Gasteiger partial charge in [0, 0.05) is 11.7 Å². The molecule has 4 aromatic rings. The van der Waals surface area contributed by atoms with Gasteiger partial charge in [-0.3, -0.25) is 9.59 Å². The van der Waals surface area contributed by atoms with E-state index in [1.54, 1.807) is 0 Å². The van der Waals surface area contributed by atoms with E-state index < -0.39 is 41.0 Å². The molecule has 0 fully saturated rings. The van der Waals surface area contributed by atoms with Crippen molar-refractivity contribution in [3.63, 3.8) is 0 Å². The van der Waals surface area contributed by atoms with Crippen molar-refractivity contribution in [1.82, 2.24) is 10.3 Å². The second-order valence-corrected chi connectivity index (χ2v) is 9.88. The molecule has 0 aliphatic heterocycles. The predicted octanol–water partition coefficient (Wildman–Crippen LogP) is 7.33. The van der Waals surface area contributed by atoms with Crippen LogP contribution in [0.5, 0.6) is 0 Å². The Bertz CT molecular complexity index is 1600. The number of benzene rings is 3. The lowest BCUT2D eigenvalue weighted by Gasteiger charge is -2.27. The van der Waals surface area contributed by atoms with Crippen LogP contribution in [0.3, 0.4) is 0 Å². The number of hydrogen-bond donors (Lipinski definition) is 2. The van der Waals surface area contributed by atoms with Gasteiger partial charge < -0.3 is 10.6 Å². The van der Waals surface area contributed by atoms with Gasteiger partial charge in [0.15, 0.2) is 0 Å². The van der Waals surface area contributed by atoms with Crippen molar-refractivity contribution in [3.05, 3.63) is 119 Å². The van der Waals surface area contributed by atoms with Gasteiger partial charge in [-0.2, -0.15) is 26.3 Å². The fourth-order valence-corrected chi connectivity index (χ4v) is 4.97. The standard InChI is InChI=1S/C31H23F6N3O2/c32-30(33,34)20-14-21(31(35,36)37)16-23(15-20)39-29(42)27-11-5-10-26(40-27)28(41)38-22-13-12-19-8-4-9-24(25(19)17-22)18-6-2-1-3-7-18/h1-11,14-16,22H,12-13,17H2,(H,38,41)(H,39,42). The summed E-state index contributed by atoms with van der Waals surface area (Å²) in [5.41, 5.74) is 0.128. The molecule has 11 heteroatoms. The summed E-state index contributed by atoms with van der Waals surface area (Å²) < 4.78 is 79.1. The Hall–Kier alpha value is -4.67. The molecule has 0 radical (unpaired) electrons. The van der Waals surface area contributed by atoms with Gasteiger partial charge in [-0.05, 0) is 71.8 Å². The van der Waals surface area contributed by atoms with E-state index in [9.17, 15) is 35.9 Å². The molecule has 0 bridgehead atoms. The summed E-state index contributed by atoms with van der Waals surface area (Å²) in [6.07, 6.45) is -8.15. The zero-order valence-corrected chi connectivity index (χ0v) is 21.8. The number of carbonyl (C=O) groups excluding carboxylic acids is 2. The molecule has 0 spiro atoms. The van der Waals surface area contributed by atoms with Crippen LogP contribution in [0.15, 0.2) is 84.9 Å². The number of hydrogen-bond acceptors (Lipinski definition) is 3. The molecule has 1 aromatic heterocycles. The van der Waals surface area contributed by atoms with Crippen molar-refractivity contribution >= 4 is 17.5 Å². The van der Waals surface area contributed by atoms with Crippen molar-refractivity contribution in [2.75, 3.05) is 5.32 Å². The lowest BCUT2D eigenvalue weighted by molar-refractivity contribution is -0.143. The number of nitrogens with one attached hydrogen (secondary N) is 2. The predicted molar refractivity (Wildman–Crippen MR) is 144 cm³/mol. The highest BCUT2D eigenvalue weighted by Gasteiger charge is 2.37. The van der Waals surface area contributed by atoms with E-state index in [1.165, 1.54) is 23.8 Å². The molecule has 1 aliphatic rings. The summed E-state index contributed by atoms with van der Waals surface area (Å²) in [6, 6.07) is 20.4. The Morgan fingerprint density at radius 2 is 1.36 bits per heavy atom. The first-order valence-corrected chi connectivity index (χ1v) is 12.9. The monoisotopic (exact) mass is 583 g/mol. The van der Waals surface area contributed by atoms with Crippen LogP contribution in [0.2, 0.25) is 0 Å². The number of rotatable bonds is 5. The Kier molecular flexibility index (Phi) is 7.77. The highest BCUT2D eigenvalue weighted by Crippen LogP contribution is 2.37. The highest BCUT2D eigenvalue weighted by molar-refractivity contribution is 6.04. The number of anilines is 1. The molecule has 3 aromatic carbocycles. The molecule has 5 nitrogen and oxygen atoms in total. The third-order valence-electron chi connectivity index (χ3n) is 6.97. The van der Waals surface area contributed by atoms with Gasteiger partial charge in [0.1, 0.15) is 11.4 Å². The number of amides is 2. The van der Waals surface area contributed by atoms with Crippen LogP contribution >= 0.6 is 0 Å². The molecular weight excluding hydrogens is 560 g/mol. The van der Waals surface area contributed by atoms with Gasteiger partial charge in [0.2, 0.25) is 0 Å². The van der Waals surface area contributed by atoms with Crippen LogP contribution in [0.1, 0.15) is 49.7 Å². The summed E-state index contributed by atoms with van der Waals surface area (Å²) >= 11 is 0. The number of fused-ring (bicyclic) bond motifs is 1. The summed E-state index contributed by atoms with van der Waals surface area (Å²) in [5.74, 6) is -1.63. The topological polar surface area (TPSA) is 71.1 Å². The zero-order chi connectivity index (χ0) is 30.1. The first-order valence-electron chi connectivity index (χ1n) is 12.9. The van der Waals surface area contributed by atoms with Crippen LogP contribution < -0.4 is 10.6 Å². The molecular formula is C31H23F6N3O2. The maximum atomic E-state index is 13.2. The van der Waals surface area contributed by atoms with Gasteiger partial charge in [-0.1, -0.05) is 54.6 Å². The van der Waals surface area contributed by atoms with Crippen molar-refractivity contribution in [3.8, 4) is 11.1 Å². The van der Waals surface area contributed by atoms with Gasteiger partial charge >= 0.3 is 12.4 Å². The van der Waals surface area contributed by atoms with Gasteiger partial charge in [0.05, 0.1) is 11.1 Å². The number of aryl methyl sites for hydroxylation is 1. The number of halogens is 6. The molecule has 1 atom stereocenters. The summed E-state index contributed by atoms with van der Waals surface area (Å²) in [6.45, 7) is 0. The quantitative estimate of drug-likeness (QED) is 0.242. The third-order valence-corrected chi connectivity index (χ3v) is 6.97. The summed E-state index contributed by atoms with van der Waals surface area (Å²) in [5, 5.41) is 4.97. The van der Waals surface area contributed by atoms with Crippen molar-refractivity contribution in [2.45, 2.75) is 37.7 Å². The second-order valence-electron chi connectivity index (χ2n) is 9.88. The molecule has 0 saturated carbocycles. The van der Waals surface area contributed by atoms with Gasteiger partial charge in [-0.15, -0.1) is 0 Å². The van der Waals surface area contributed by atoms with Gasteiger partial charge in [-0.25, -0.2) is 4.98 Å². The lowest BCUT2D eigenvalue weighted by atomic mass is 9.83. The normalized spacial score (nSPS) is 15.0. The molecule has 2 N–H and O–H groups in total. The average molecular weight is 584 g/mol. The third kappa shape index (κ3) is 6.45. The van der Waals surface area contributed by atoms with E-state index in [0.29, 0.717) is 25.0 Å². The van der Waals surface area contributed by atoms with E-state index in [0.717, 1.165) is 23.1 Å². The minimum atomic E-state index is -5.07. The number of alkyl halides is 6. The molecule has 0 saturated heterocycles. The Labute approximate surface area is 236 Å². The SMILES string of the molecule is O=C(Nc1cc(C(F)(F)F)cc(C(F)(F)F)c1)c1cccc(C(=O)NC2CCc3cccc(-c4ccccc4)c3C2)n1. The average Bonchev–Trinajstić information content (AvgIpc) is 2.96. The number of aromatic nitrogens is 1. The summed E-state index contributed by atoms with van der Waals surface area (Å²) in [7, 11) is 0. The highest BCUT2D eigenvalue weighted by atomic mass is 19.4. The minimum Gasteiger partial charge on any atom is -0.348 e. The largest absolute Gasteiger partial charge is 0.416 e. The minimum absolute atomic E-state index is 0.0364. The van der Waals surface area contributed by atoms with E-state index >= 15 is 0 Å². The number of carbonyl (C=O) groups is 2. The molecule has 216 valence electrons. The molecule has 1 aliphatic carbocycles. The van der Waals surface area contributed by atoms with Gasteiger partial charge in [0.25, 0.3) is 11.8 Å². The molecule has 42 heavy (non-hydrogen) atoms. The van der Waals surface area contributed by atoms with Crippen LogP contribution in [0.25, 0.3) is 11.1 Å². The lowest BCUT2D eigenvalue weighted by Crippen LogP contribution is -2.39. The summed E-state index contributed by atoms with van der Waals surface area (Å²) in [4.78, 5) is 29.8. The fourth-order valence-electron chi connectivity index (χ4n) is 4.97. The number of nitrogens with zero attached hydrogens (tertiary/aromatic N) is 1. The van der Waals surface area contributed by atoms with E-state index in [2.05, 4.69) is 16.4 Å². The van der Waals surface area contributed by atoms with E-state index in [1.807, 2.05) is 47.8 Å². The Balaban J connectivity index is 1.31.